The van der Waals surface area contributed by atoms with E-state index in [9.17, 15) is 33.6 Å². The number of amides is 1. The lowest BCUT2D eigenvalue weighted by Crippen LogP contribution is -2.76. The minimum atomic E-state index is -3.60. The Balaban J connectivity index is 2.20. The molecule has 1 amide bonds. The van der Waals surface area contributed by atoms with Gasteiger partial charge in [0, 0.05) is 42.0 Å². The molecule has 1 aromatic rings. The Labute approximate surface area is 199 Å². The molecule has 1 aromatic carbocycles. The first-order chi connectivity index (χ1) is 17.0. The first-order valence-electron chi connectivity index (χ1n) is 9.81. The highest BCUT2D eigenvalue weighted by atomic mass is 16.9. The van der Waals surface area contributed by atoms with Crippen molar-refractivity contribution in [3.05, 3.63) is 72.4 Å². The number of esters is 6. The van der Waals surface area contributed by atoms with Crippen LogP contribution in [0.2, 0.25) is 0 Å². The third-order valence-corrected chi connectivity index (χ3v) is 4.91. The summed E-state index contributed by atoms with van der Waals surface area (Å²) in [6, 6.07) is 6.22. The number of nitrogens with two attached hydrogens (primary N) is 1. The van der Waals surface area contributed by atoms with Gasteiger partial charge in [-0.05, 0) is 0 Å². The fourth-order valence-electron chi connectivity index (χ4n) is 3.59. The van der Waals surface area contributed by atoms with Crippen molar-refractivity contribution in [2.24, 2.45) is 5.73 Å². The van der Waals surface area contributed by atoms with E-state index in [4.69, 9.17) is 34.2 Å². The van der Waals surface area contributed by atoms with E-state index in [1.165, 1.54) is 18.2 Å². The molecule has 3 heterocycles. The van der Waals surface area contributed by atoms with E-state index in [1.807, 2.05) is 0 Å². The second-order valence-corrected chi connectivity index (χ2v) is 7.11. The van der Waals surface area contributed by atoms with Gasteiger partial charge in [0.25, 0.3) is 0 Å². The second-order valence-electron chi connectivity index (χ2n) is 7.11. The van der Waals surface area contributed by atoms with E-state index in [2.05, 4.69) is 0 Å². The first kappa shape index (κ1) is 23.9. The van der Waals surface area contributed by atoms with Gasteiger partial charge in [0.1, 0.15) is 0 Å². The van der Waals surface area contributed by atoms with Crippen LogP contribution < -0.4 is 5.73 Å². The summed E-state index contributed by atoms with van der Waals surface area (Å²) in [7, 11) is 0. The van der Waals surface area contributed by atoms with E-state index in [1.54, 1.807) is 0 Å². The third kappa shape index (κ3) is 3.66. The maximum absolute atomic E-state index is 13.1. The summed E-state index contributed by atoms with van der Waals surface area (Å²) < 4.78 is 31.1. The summed E-state index contributed by atoms with van der Waals surface area (Å²) in [5.41, 5.74) is 1.64. The quantitative estimate of drug-likeness (QED) is 0.380. The normalized spacial score (nSPS) is 25.4. The van der Waals surface area contributed by atoms with Gasteiger partial charge < -0.3 is 34.2 Å². The number of hydrogen-bond acceptors (Lipinski definition) is 13. The lowest BCUT2D eigenvalue weighted by Gasteiger charge is -2.50. The molecule has 2 N–H and O–H groups in total. The molecule has 0 fully saturated rings. The summed E-state index contributed by atoms with van der Waals surface area (Å²) >= 11 is 0. The van der Waals surface area contributed by atoms with E-state index in [0.717, 1.165) is 12.1 Å². The van der Waals surface area contributed by atoms with Crippen molar-refractivity contribution in [3.63, 3.8) is 0 Å². The summed E-state index contributed by atoms with van der Waals surface area (Å²) in [6.07, 6.45) is 3.24. The summed E-state index contributed by atoms with van der Waals surface area (Å²) in [4.78, 5) is 88.5. The van der Waals surface area contributed by atoms with Crippen LogP contribution in [-0.2, 0) is 67.6 Å². The molecule has 0 bridgehead atoms. The molecule has 0 saturated heterocycles. The van der Waals surface area contributed by atoms with Gasteiger partial charge in [-0.2, -0.15) is 0 Å². The van der Waals surface area contributed by atoms with Crippen molar-refractivity contribution in [1.29, 1.82) is 0 Å². The van der Waals surface area contributed by atoms with Gasteiger partial charge in [-0.1, -0.05) is 30.3 Å². The highest BCUT2D eigenvalue weighted by Crippen LogP contribution is 2.53. The van der Waals surface area contributed by atoms with Crippen LogP contribution in [0.5, 0.6) is 0 Å². The molecule has 3 aliphatic heterocycles. The predicted octanol–water partition coefficient (Wildman–Crippen LogP) is -1.31. The molecule has 0 aliphatic carbocycles. The number of carbonyl (C=O) groups excluding carboxylic acids is 7. The molecule has 14 nitrogen and oxygen atoms in total. The van der Waals surface area contributed by atoms with Gasteiger partial charge in [-0.15, -0.1) is 0 Å². The Morgan fingerprint density at radius 3 is 1.31 bits per heavy atom. The summed E-state index contributed by atoms with van der Waals surface area (Å²) in [5, 5.41) is 0. The number of ether oxygens (including phenoxy) is 6. The predicted molar refractivity (Wildman–Crippen MR) is 107 cm³/mol. The molecular weight excluding hydrogens is 486 g/mol. The van der Waals surface area contributed by atoms with Crippen LogP contribution in [0.3, 0.4) is 0 Å². The van der Waals surface area contributed by atoms with E-state index < -0.39 is 64.6 Å². The number of cyclic esters (lactones) is 3. The molecule has 4 rings (SSSR count). The monoisotopic (exact) mass is 499 g/mol. The topological polar surface area (TPSA) is 201 Å². The van der Waals surface area contributed by atoms with Gasteiger partial charge in [-0.25, -0.2) is 28.8 Å². The molecule has 0 saturated carbocycles. The van der Waals surface area contributed by atoms with Crippen LogP contribution in [0, 0.1) is 0 Å². The fourth-order valence-corrected chi connectivity index (χ4v) is 3.59. The lowest BCUT2D eigenvalue weighted by molar-refractivity contribution is -0.438. The Hall–Kier alpha value is -5.27. The molecule has 0 unspecified atom stereocenters. The van der Waals surface area contributed by atoms with Crippen molar-refractivity contribution in [2.45, 2.75) is 17.4 Å². The van der Waals surface area contributed by atoms with E-state index in [-0.39, 0.29) is 0 Å². The third-order valence-electron chi connectivity index (χ3n) is 4.91. The minimum Gasteiger partial charge on any atom is -0.429 e. The van der Waals surface area contributed by atoms with Gasteiger partial charge in [0.2, 0.25) is 0 Å². The van der Waals surface area contributed by atoms with Gasteiger partial charge in [0.15, 0.2) is 0 Å². The zero-order valence-corrected chi connectivity index (χ0v) is 17.7. The van der Waals surface area contributed by atoms with Crippen LogP contribution in [0.25, 0.3) is 0 Å². The van der Waals surface area contributed by atoms with Crippen LogP contribution in [0.15, 0.2) is 66.8 Å². The molecule has 3 aliphatic rings. The van der Waals surface area contributed by atoms with Crippen LogP contribution in [-0.4, -0.2) is 53.5 Å². The molecule has 36 heavy (non-hydrogen) atoms. The lowest BCUT2D eigenvalue weighted by atomic mass is 9.80. The molecule has 184 valence electrons. The molecule has 1 spiro atoms. The number of rotatable bonds is 3. The van der Waals surface area contributed by atoms with E-state index in [0.29, 0.717) is 36.5 Å². The van der Waals surface area contributed by atoms with Crippen molar-refractivity contribution >= 4 is 41.7 Å². The smallest absolute Gasteiger partial charge is 0.429 e. The number of carbonyl (C=O) groups is 7. The maximum Gasteiger partial charge on any atom is 0.480 e. The first-order valence-corrected chi connectivity index (χ1v) is 9.81. The second kappa shape index (κ2) is 8.50. The maximum atomic E-state index is 13.1. The standard InChI is InChI=1S/C22H13NO13/c23-19(30)21(32-14(25)7-8-15(26)33-21)20(12-4-2-1-3-5-12)22(34-16(27)9-6-13(24)31-20)35-17(28)10-11-18(29)36-22/h1-11H,(H2,23,30)/b9-6-/t20-/m0/s1. The number of benzene rings is 1. The van der Waals surface area contributed by atoms with Gasteiger partial charge >= 0.3 is 59.1 Å². The zero-order chi connectivity index (χ0) is 26.1. The average Bonchev–Trinajstić information content (AvgIpc) is 3.07. The molecule has 0 aromatic heterocycles. The van der Waals surface area contributed by atoms with Crippen LogP contribution in [0.1, 0.15) is 5.56 Å². The summed E-state index contributed by atoms with van der Waals surface area (Å²) in [5.74, 6) is -17.6. The SMILES string of the molecule is NC(=O)C1([C@]2(c3ccccc3)OC(=O)/C=C\C(=O)OC23OC(=O)C=CC(=O)O3)OC(=O)C=CC(=O)O1. The van der Waals surface area contributed by atoms with Crippen molar-refractivity contribution in [3.8, 4) is 0 Å². The fraction of sp³-hybridized carbons (Fsp3) is 0.136. The summed E-state index contributed by atoms with van der Waals surface area (Å²) in [6.45, 7) is 0. The average molecular weight is 499 g/mol. The Kier molecular flexibility index (Phi) is 5.64. The van der Waals surface area contributed by atoms with E-state index >= 15 is 0 Å². The molecular formula is C22H13NO13. The Morgan fingerprint density at radius 1 is 0.556 bits per heavy atom. The highest BCUT2D eigenvalue weighted by molar-refractivity contribution is 6.00. The Bertz CT molecular complexity index is 1250. The minimum absolute atomic E-state index is 0.495. The van der Waals surface area contributed by atoms with Crippen molar-refractivity contribution < 1.29 is 62.0 Å². The molecule has 0 radical (unpaired) electrons. The van der Waals surface area contributed by atoms with Crippen LogP contribution in [0.4, 0.5) is 0 Å². The molecule has 1 atom stereocenters. The zero-order valence-electron chi connectivity index (χ0n) is 17.7. The number of hydrogen-bond donors (Lipinski definition) is 1. The number of primary amides is 1. The van der Waals surface area contributed by atoms with Gasteiger partial charge in [-0.3, -0.25) is 4.79 Å². The Morgan fingerprint density at radius 2 is 0.917 bits per heavy atom. The van der Waals surface area contributed by atoms with Crippen LogP contribution >= 0.6 is 0 Å². The molecule has 14 heteroatoms. The highest BCUT2D eigenvalue weighted by Gasteiger charge is 2.83. The van der Waals surface area contributed by atoms with Crippen molar-refractivity contribution in [2.75, 3.05) is 0 Å². The van der Waals surface area contributed by atoms with Crippen molar-refractivity contribution in [1.82, 2.24) is 0 Å². The largest absolute Gasteiger partial charge is 0.480 e. The van der Waals surface area contributed by atoms with Gasteiger partial charge in [0.05, 0.1) is 0 Å².